The van der Waals surface area contributed by atoms with E-state index in [4.69, 9.17) is 0 Å². The van der Waals surface area contributed by atoms with Crippen molar-refractivity contribution in [3.63, 3.8) is 0 Å². The summed E-state index contributed by atoms with van der Waals surface area (Å²) in [5.74, 6) is -0.0334. The van der Waals surface area contributed by atoms with Gasteiger partial charge >= 0.3 is 0 Å². The summed E-state index contributed by atoms with van der Waals surface area (Å²) in [6.07, 6.45) is 2.48. The van der Waals surface area contributed by atoms with E-state index in [2.05, 4.69) is 28.2 Å². The highest BCUT2D eigenvalue weighted by Crippen LogP contribution is 2.23. The lowest BCUT2D eigenvalue weighted by atomic mass is 10.1. The average molecular weight is 344 g/mol. The summed E-state index contributed by atoms with van der Waals surface area (Å²) >= 11 is 0. The van der Waals surface area contributed by atoms with Gasteiger partial charge in [-0.2, -0.15) is 0 Å². The third-order valence-corrected chi connectivity index (χ3v) is 4.97. The minimum Gasteiger partial charge on any atom is -0.369 e. The van der Waals surface area contributed by atoms with Crippen LogP contribution < -0.4 is 10.2 Å². The monoisotopic (exact) mass is 344 g/mol. The fraction of sp³-hybridized carbons (Fsp3) is 0.579. The largest absolute Gasteiger partial charge is 0.369 e. The van der Waals surface area contributed by atoms with Gasteiger partial charge in [-0.1, -0.05) is 0 Å². The van der Waals surface area contributed by atoms with E-state index in [1.54, 1.807) is 4.90 Å². The molecular weight excluding hydrogens is 316 g/mol. The third kappa shape index (κ3) is 4.72. The van der Waals surface area contributed by atoms with E-state index in [-0.39, 0.29) is 18.4 Å². The maximum Gasteiger partial charge on any atom is 0.243 e. The third-order valence-electron chi connectivity index (χ3n) is 4.97. The van der Waals surface area contributed by atoms with E-state index in [9.17, 15) is 9.59 Å². The van der Waals surface area contributed by atoms with Gasteiger partial charge in [0, 0.05) is 50.5 Å². The number of rotatable bonds is 4. The molecule has 0 unspecified atom stereocenters. The Labute approximate surface area is 149 Å². The Kier molecular flexibility index (Phi) is 5.58. The van der Waals surface area contributed by atoms with Crippen LogP contribution in [0.2, 0.25) is 0 Å². The number of anilines is 2. The van der Waals surface area contributed by atoms with Crippen molar-refractivity contribution in [3.8, 4) is 0 Å². The van der Waals surface area contributed by atoms with Crippen LogP contribution in [0.5, 0.6) is 0 Å². The first-order valence-corrected chi connectivity index (χ1v) is 9.14. The predicted molar refractivity (Wildman–Crippen MR) is 99.9 cm³/mol. The maximum absolute atomic E-state index is 12.3. The van der Waals surface area contributed by atoms with Crippen molar-refractivity contribution in [2.24, 2.45) is 0 Å². The molecule has 136 valence electrons. The SMILES string of the molecule is Cc1cc(NC(=O)CN2CCCCC2=O)cc(N2CCN(C)CC2)c1. The lowest BCUT2D eigenvalue weighted by Crippen LogP contribution is -2.44. The summed E-state index contributed by atoms with van der Waals surface area (Å²) in [6.45, 7) is 6.97. The Hall–Kier alpha value is -2.08. The molecule has 1 N–H and O–H groups in total. The van der Waals surface area contributed by atoms with Crippen LogP contribution in [0.1, 0.15) is 24.8 Å². The molecule has 6 heteroatoms. The standard InChI is InChI=1S/C19H28N4O2/c1-15-11-16(13-17(12-15)22-9-7-21(2)8-10-22)20-18(24)14-23-6-4-3-5-19(23)25/h11-13H,3-10,14H2,1-2H3,(H,20,24). The summed E-state index contributed by atoms with van der Waals surface area (Å²) in [4.78, 5) is 30.5. The number of piperidine rings is 1. The van der Waals surface area contributed by atoms with Gasteiger partial charge in [0.1, 0.15) is 0 Å². The second kappa shape index (κ2) is 7.87. The van der Waals surface area contributed by atoms with Crippen LogP contribution in [0.25, 0.3) is 0 Å². The summed E-state index contributed by atoms with van der Waals surface area (Å²) in [7, 11) is 2.14. The van der Waals surface area contributed by atoms with Gasteiger partial charge in [0.15, 0.2) is 0 Å². The highest BCUT2D eigenvalue weighted by Gasteiger charge is 2.21. The van der Waals surface area contributed by atoms with Gasteiger partial charge in [0.25, 0.3) is 0 Å². The van der Waals surface area contributed by atoms with Crippen molar-refractivity contribution in [2.45, 2.75) is 26.2 Å². The molecule has 2 aliphatic rings. The number of likely N-dealkylation sites (tertiary alicyclic amines) is 1. The topological polar surface area (TPSA) is 55.9 Å². The number of benzene rings is 1. The molecule has 2 amide bonds. The van der Waals surface area contributed by atoms with E-state index in [0.717, 1.165) is 56.0 Å². The van der Waals surface area contributed by atoms with Gasteiger partial charge in [-0.25, -0.2) is 0 Å². The first kappa shape index (κ1) is 17.7. The quantitative estimate of drug-likeness (QED) is 0.903. The number of hydrogen-bond acceptors (Lipinski definition) is 4. The van der Waals surface area contributed by atoms with Gasteiger partial charge in [-0.15, -0.1) is 0 Å². The fourth-order valence-electron chi connectivity index (χ4n) is 3.49. The number of hydrogen-bond donors (Lipinski definition) is 1. The van der Waals surface area contributed by atoms with Crippen molar-refractivity contribution in [1.29, 1.82) is 0 Å². The minimum absolute atomic E-state index is 0.0868. The molecule has 3 rings (SSSR count). The molecule has 0 aromatic heterocycles. The molecule has 0 radical (unpaired) electrons. The molecule has 0 aliphatic carbocycles. The number of nitrogens with one attached hydrogen (secondary N) is 1. The molecule has 2 heterocycles. The van der Waals surface area contributed by atoms with Crippen LogP contribution in [-0.2, 0) is 9.59 Å². The van der Waals surface area contributed by atoms with Gasteiger partial charge in [0.05, 0.1) is 6.54 Å². The second-order valence-corrected chi connectivity index (χ2v) is 7.17. The molecule has 1 aromatic rings. The number of carbonyl (C=O) groups is 2. The van der Waals surface area contributed by atoms with E-state index in [1.165, 1.54) is 0 Å². The summed E-state index contributed by atoms with van der Waals surface area (Å²) in [5, 5.41) is 2.97. The van der Waals surface area contributed by atoms with Crippen LogP contribution in [0.15, 0.2) is 18.2 Å². The molecule has 6 nitrogen and oxygen atoms in total. The molecule has 25 heavy (non-hydrogen) atoms. The van der Waals surface area contributed by atoms with Crippen LogP contribution in [-0.4, -0.2) is 67.9 Å². The molecule has 0 bridgehead atoms. The molecule has 2 saturated heterocycles. The zero-order valence-corrected chi connectivity index (χ0v) is 15.3. The van der Waals surface area contributed by atoms with Crippen LogP contribution >= 0.6 is 0 Å². The van der Waals surface area contributed by atoms with Gasteiger partial charge < -0.3 is 20.0 Å². The van der Waals surface area contributed by atoms with Gasteiger partial charge in [-0.3, -0.25) is 9.59 Å². The van der Waals surface area contributed by atoms with E-state index >= 15 is 0 Å². The van der Waals surface area contributed by atoms with Crippen LogP contribution in [0.3, 0.4) is 0 Å². The summed E-state index contributed by atoms with van der Waals surface area (Å²) in [6, 6.07) is 6.18. The predicted octanol–water partition coefficient (Wildman–Crippen LogP) is 1.70. The van der Waals surface area contributed by atoms with Crippen molar-refractivity contribution in [3.05, 3.63) is 23.8 Å². The second-order valence-electron chi connectivity index (χ2n) is 7.17. The molecule has 1 aromatic carbocycles. The lowest BCUT2D eigenvalue weighted by molar-refractivity contribution is -0.136. The van der Waals surface area contributed by atoms with E-state index in [1.807, 2.05) is 19.1 Å². The van der Waals surface area contributed by atoms with Crippen LogP contribution in [0.4, 0.5) is 11.4 Å². The summed E-state index contributed by atoms with van der Waals surface area (Å²) in [5.41, 5.74) is 3.08. The van der Waals surface area contributed by atoms with Crippen molar-refractivity contribution >= 4 is 23.2 Å². The van der Waals surface area contributed by atoms with Gasteiger partial charge in [-0.05, 0) is 50.6 Å². The first-order valence-electron chi connectivity index (χ1n) is 9.14. The molecule has 0 spiro atoms. The number of carbonyl (C=O) groups excluding carboxylic acids is 2. The molecular formula is C19H28N4O2. The highest BCUT2D eigenvalue weighted by molar-refractivity contribution is 5.95. The Morgan fingerprint density at radius 2 is 1.84 bits per heavy atom. The maximum atomic E-state index is 12.3. The number of nitrogens with zero attached hydrogens (tertiary/aromatic N) is 3. The summed E-state index contributed by atoms with van der Waals surface area (Å²) < 4.78 is 0. The number of likely N-dealkylation sites (N-methyl/N-ethyl adjacent to an activating group) is 1. The number of piperazine rings is 1. The zero-order chi connectivity index (χ0) is 17.8. The molecule has 0 atom stereocenters. The minimum atomic E-state index is -0.120. The Bertz CT molecular complexity index is 638. The van der Waals surface area contributed by atoms with Crippen molar-refractivity contribution in [1.82, 2.24) is 9.80 Å². The fourth-order valence-corrected chi connectivity index (χ4v) is 3.49. The molecule has 2 fully saturated rings. The highest BCUT2D eigenvalue weighted by atomic mass is 16.2. The smallest absolute Gasteiger partial charge is 0.243 e. The zero-order valence-electron chi connectivity index (χ0n) is 15.3. The first-order chi connectivity index (χ1) is 12.0. The Balaban J connectivity index is 1.63. The van der Waals surface area contributed by atoms with Crippen molar-refractivity contribution in [2.75, 3.05) is 56.5 Å². The normalized spacial score (nSPS) is 19.2. The van der Waals surface area contributed by atoms with Crippen molar-refractivity contribution < 1.29 is 9.59 Å². The van der Waals surface area contributed by atoms with Gasteiger partial charge in [0.2, 0.25) is 11.8 Å². The molecule has 2 aliphatic heterocycles. The average Bonchev–Trinajstić information content (AvgIpc) is 2.57. The van der Waals surface area contributed by atoms with Crippen LogP contribution in [0, 0.1) is 6.92 Å². The number of amides is 2. The van der Waals surface area contributed by atoms with E-state index < -0.39 is 0 Å². The lowest BCUT2D eigenvalue weighted by Gasteiger charge is -2.34. The molecule has 0 saturated carbocycles. The van der Waals surface area contributed by atoms with E-state index in [0.29, 0.717) is 13.0 Å². The number of aryl methyl sites for hydroxylation is 1. The Morgan fingerprint density at radius 1 is 1.08 bits per heavy atom. The Morgan fingerprint density at radius 3 is 2.56 bits per heavy atom.